The zero-order valence-electron chi connectivity index (χ0n) is 10.7. The summed E-state index contributed by atoms with van der Waals surface area (Å²) in [6, 6.07) is 17.3. The van der Waals surface area contributed by atoms with Crippen molar-refractivity contribution in [2.75, 3.05) is 5.32 Å². The van der Waals surface area contributed by atoms with Gasteiger partial charge in [0.05, 0.1) is 6.54 Å². The molecule has 0 fully saturated rings. The van der Waals surface area contributed by atoms with Crippen molar-refractivity contribution in [3.05, 3.63) is 66.1 Å². The predicted octanol–water partition coefficient (Wildman–Crippen LogP) is 3.74. The van der Waals surface area contributed by atoms with Crippen molar-refractivity contribution in [2.45, 2.75) is 6.54 Å². The van der Waals surface area contributed by atoms with Crippen LogP contribution in [-0.2, 0) is 6.54 Å². The normalized spacial score (nSPS) is 10.6. The number of carbonyl (C=O) groups is 1. The fourth-order valence-electron chi connectivity index (χ4n) is 2.08. The van der Waals surface area contributed by atoms with Crippen LogP contribution in [-0.4, -0.2) is 11.1 Å². The van der Waals surface area contributed by atoms with Gasteiger partial charge in [-0.2, -0.15) is 0 Å². The maximum absolute atomic E-state index is 10.7. The maximum Gasteiger partial charge on any atom is 0.371 e. The van der Waals surface area contributed by atoms with Gasteiger partial charge in [0.2, 0.25) is 5.76 Å². The standard InChI is InChI=1S/C16H13NO3/c18-16(19)15-8-7-14(20-15)10-17-13-6-5-11-3-1-2-4-12(11)9-13/h1-9,17H,10H2,(H,18,19). The third-order valence-corrected chi connectivity index (χ3v) is 3.09. The largest absolute Gasteiger partial charge is 0.475 e. The first-order valence-corrected chi connectivity index (χ1v) is 6.27. The van der Waals surface area contributed by atoms with Gasteiger partial charge in [-0.3, -0.25) is 0 Å². The van der Waals surface area contributed by atoms with Crippen LogP contribution < -0.4 is 5.32 Å². The Morgan fingerprint density at radius 3 is 2.60 bits per heavy atom. The first-order chi connectivity index (χ1) is 9.72. The molecule has 2 aromatic carbocycles. The highest BCUT2D eigenvalue weighted by molar-refractivity contribution is 5.85. The fraction of sp³-hybridized carbons (Fsp3) is 0.0625. The molecule has 3 aromatic rings. The number of fused-ring (bicyclic) bond motifs is 1. The van der Waals surface area contributed by atoms with E-state index in [9.17, 15) is 4.79 Å². The van der Waals surface area contributed by atoms with Crippen LogP contribution in [0.25, 0.3) is 10.8 Å². The summed E-state index contributed by atoms with van der Waals surface area (Å²) in [6.45, 7) is 0.450. The lowest BCUT2D eigenvalue weighted by atomic mass is 10.1. The summed E-state index contributed by atoms with van der Waals surface area (Å²) in [4.78, 5) is 10.7. The minimum atomic E-state index is -1.05. The van der Waals surface area contributed by atoms with E-state index < -0.39 is 5.97 Å². The van der Waals surface area contributed by atoms with E-state index in [0.29, 0.717) is 12.3 Å². The Morgan fingerprint density at radius 2 is 1.85 bits per heavy atom. The highest BCUT2D eigenvalue weighted by atomic mass is 16.4. The van der Waals surface area contributed by atoms with Crippen LogP contribution in [0.5, 0.6) is 0 Å². The van der Waals surface area contributed by atoms with Gasteiger partial charge in [-0.05, 0) is 35.0 Å². The molecule has 1 aromatic heterocycles. The second kappa shape index (κ2) is 5.09. The van der Waals surface area contributed by atoms with E-state index in [2.05, 4.69) is 23.5 Å². The van der Waals surface area contributed by atoms with E-state index in [4.69, 9.17) is 9.52 Å². The molecule has 0 radical (unpaired) electrons. The van der Waals surface area contributed by atoms with Gasteiger partial charge in [-0.1, -0.05) is 30.3 Å². The molecule has 0 bridgehead atoms. The van der Waals surface area contributed by atoms with Gasteiger partial charge in [-0.15, -0.1) is 0 Å². The second-order valence-electron chi connectivity index (χ2n) is 4.49. The summed E-state index contributed by atoms with van der Waals surface area (Å²) in [5, 5.41) is 14.3. The van der Waals surface area contributed by atoms with Gasteiger partial charge >= 0.3 is 5.97 Å². The van der Waals surface area contributed by atoms with Crippen molar-refractivity contribution < 1.29 is 14.3 Å². The zero-order valence-corrected chi connectivity index (χ0v) is 10.7. The van der Waals surface area contributed by atoms with Crippen LogP contribution in [0.4, 0.5) is 5.69 Å². The summed E-state index contributed by atoms with van der Waals surface area (Å²) >= 11 is 0. The van der Waals surface area contributed by atoms with Gasteiger partial charge in [0, 0.05) is 5.69 Å². The number of aromatic carboxylic acids is 1. The van der Waals surface area contributed by atoms with E-state index in [0.717, 1.165) is 11.1 Å². The number of carboxylic acid groups (broad SMARTS) is 1. The fourth-order valence-corrected chi connectivity index (χ4v) is 2.08. The third-order valence-electron chi connectivity index (χ3n) is 3.09. The van der Waals surface area contributed by atoms with Crippen molar-refractivity contribution in [3.8, 4) is 0 Å². The Labute approximate surface area is 115 Å². The molecule has 0 amide bonds. The highest BCUT2D eigenvalue weighted by Crippen LogP contribution is 2.19. The van der Waals surface area contributed by atoms with Crippen LogP contribution >= 0.6 is 0 Å². The Hall–Kier alpha value is -2.75. The quantitative estimate of drug-likeness (QED) is 0.755. The number of hydrogen-bond acceptors (Lipinski definition) is 3. The van der Waals surface area contributed by atoms with Gasteiger partial charge < -0.3 is 14.8 Å². The molecule has 1 heterocycles. The number of furan rings is 1. The van der Waals surface area contributed by atoms with E-state index in [1.807, 2.05) is 24.3 Å². The number of carboxylic acids is 1. The first kappa shape index (κ1) is 12.3. The number of anilines is 1. The maximum atomic E-state index is 10.7. The van der Waals surface area contributed by atoms with E-state index in [1.54, 1.807) is 6.07 Å². The lowest BCUT2D eigenvalue weighted by Gasteiger charge is -2.06. The van der Waals surface area contributed by atoms with Crippen molar-refractivity contribution in [3.63, 3.8) is 0 Å². The Bertz CT molecular complexity index is 761. The SMILES string of the molecule is O=C(O)c1ccc(CNc2ccc3ccccc3c2)o1. The van der Waals surface area contributed by atoms with Crippen LogP contribution in [0.15, 0.2) is 59.0 Å². The molecule has 0 aliphatic carbocycles. The van der Waals surface area contributed by atoms with Gasteiger partial charge in [0.25, 0.3) is 0 Å². The molecule has 2 N–H and O–H groups in total. The molecule has 0 aliphatic heterocycles. The number of hydrogen-bond donors (Lipinski definition) is 2. The lowest BCUT2D eigenvalue weighted by Crippen LogP contribution is -1.98. The number of benzene rings is 2. The Morgan fingerprint density at radius 1 is 1.05 bits per heavy atom. The highest BCUT2D eigenvalue weighted by Gasteiger charge is 2.08. The minimum absolute atomic E-state index is 0.0414. The summed E-state index contributed by atoms with van der Waals surface area (Å²) in [6.07, 6.45) is 0. The summed E-state index contributed by atoms with van der Waals surface area (Å²) in [5.41, 5.74) is 0.969. The van der Waals surface area contributed by atoms with Crippen LogP contribution in [0, 0.1) is 0 Å². The number of nitrogens with one attached hydrogen (secondary N) is 1. The van der Waals surface area contributed by atoms with Crippen LogP contribution in [0.1, 0.15) is 16.3 Å². The molecule has 0 aliphatic rings. The monoisotopic (exact) mass is 267 g/mol. The summed E-state index contributed by atoms with van der Waals surface area (Å²) < 4.78 is 5.19. The number of rotatable bonds is 4. The predicted molar refractivity (Wildman–Crippen MR) is 76.9 cm³/mol. The van der Waals surface area contributed by atoms with E-state index in [1.165, 1.54) is 11.5 Å². The van der Waals surface area contributed by atoms with E-state index >= 15 is 0 Å². The smallest absolute Gasteiger partial charge is 0.371 e. The average molecular weight is 267 g/mol. The van der Waals surface area contributed by atoms with Crippen molar-refractivity contribution in [2.24, 2.45) is 0 Å². The molecule has 0 saturated heterocycles. The molecule has 20 heavy (non-hydrogen) atoms. The van der Waals surface area contributed by atoms with Crippen molar-refractivity contribution >= 4 is 22.4 Å². The molecule has 4 heteroatoms. The lowest BCUT2D eigenvalue weighted by molar-refractivity contribution is 0.0660. The van der Waals surface area contributed by atoms with Crippen molar-refractivity contribution in [1.82, 2.24) is 0 Å². The van der Waals surface area contributed by atoms with Gasteiger partial charge in [-0.25, -0.2) is 4.79 Å². The summed E-state index contributed by atoms with van der Waals surface area (Å²) in [7, 11) is 0. The van der Waals surface area contributed by atoms with E-state index in [-0.39, 0.29) is 5.76 Å². The molecule has 0 unspecified atom stereocenters. The average Bonchev–Trinajstić information content (AvgIpc) is 2.94. The van der Waals surface area contributed by atoms with Crippen LogP contribution in [0.3, 0.4) is 0 Å². The minimum Gasteiger partial charge on any atom is -0.475 e. The molecule has 4 nitrogen and oxygen atoms in total. The molecular weight excluding hydrogens is 254 g/mol. The topological polar surface area (TPSA) is 62.5 Å². The summed E-state index contributed by atoms with van der Waals surface area (Å²) in [5.74, 6) is -0.502. The Kier molecular flexibility index (Phi) is 3.13. The first-order valence-electron chi connectivity index (χ1n) is 6.27. The Balaban J connectivity index is 1.74. The third kappa shape index (κ3) is 2.49. The molecule has 100 valence electrons. The molecule has 0 atom stereocenters. The molecule has 0 spiro atoms. The molecular formula is C16H13NO3. The molecule has 0 saturated carbocycles. The second-order valence-corrected chi connectivity index (χ2v) is 4.49. The molecule has 3 rings (SSSR count). The van der Waals surface area contributed by atoms with Gasteiger partial charge in [0.1, 0.15) is 5.76 Å². The van der Waals surface area contributed by atoms with Crippen molar-refractivity contribution in [1.29, 1.82) is 0 Å². The van der Waals surface area contributed by atoms with Gasteiger partial charge in [0.15, 0.2) is 0 Å². The van der Waals surface area contributed by atoms with Crippen LogP contribution in [0.2, 0.25) is 0 Å². The zero-order chi connectivity index (χ0) is 13.9.